The van der Waals surface area contributed by atoms with Gasteiger partial charge in [-0.25, -0.2) is 9.48 Å². The van der Waals surface area contributed by atoms with Gasteiger partial charge in [0, 0.05) is 12.7 Å². The van der Waals surface area contributed by atoms with Crippen LogP contribution in [0.1, 0.15) is 23.1 Å². The molecule has 1 heterocycles. The third kappa shape index (κ3) is 2.96. The van der Waals surface area contributed by atoms with E-state index in [4.69, 9.17) is 16.7 Å². The fourth-order valence-electron chi connectivity index (χ4n) is 1.97. The molecule has 0 fully saturated rings. The first kappa shape index (κ1) is 16.0. The first-order valence-electron chi connectivity index (χ1n) is 6.64. The van der Waals surface area contributed by atoms with Crippen molar-refractivity contribution in [1.29, 1.82) is 0 Å². The summed E-state index contributed by atoms with van der Waals surface area (Å²) in [6.07, 6.45) is 0. The number of para-hydroxylation sites is 1. The summed E-state index contributed by atoms with van der Waals surface area (Å²) < 4.78 is 1.56. The summed E-state index contributed by atoms with van der Waals surface area (Å²) in [7, 11) is 1.44. The van der Waals surface area contributed by atoms with Crippen LogP contribution in [0.3, 0.4) is 0 Å². The number of aryl methyl sites for hydroxylation is 1. The minimum absolute atomic E-state index is 0.174. The molecular formula is C15H16ClN3O3. The van der Waals surface area contributed by atoms with Crippen LogP contribution in [0, 0.1) is 6.92 Å². The lowest BCUT2D eigenvalue weighted by Gasteiger charge is -2.20. The Bertz CT molecular complexity index is 727. The SMILES string of the molecule is Cc1cc(C(=O)N(C)C(C)C(=O)O)nn1-c1ccccc1Cl. The Morgan fingerprint density at radius 2 is 2.00 bits per heavy atom. The zero-order valence-corrected chi connectivity index (χ0v) is 13.2. The van der Waals surface area contributed by atoms with Gasteiger partial charge in [0.2, 0.25) is 0 Å². The molecule has 0 spiro atoms. The molecule has 116 valence electrons. The predicted octanol–water partition coefficient (Wildman–Crippen LogP) is 2.38. The number of nitrogens with zero attached hydrogens (tertiary/aromatic N) is 3. The van der Waals surface area contributed by atoms with E-state index in [1.807, 2.05) is 6.07 Å². The fraction of sp³-hybridized carbons (Fsp3) is 0.267. The summed E-state index contributed by atoms with van der Waals surface area (Å²) in [6.45, 7) is 3.24. The third-order valence-electron chi connectivity index (χ3n) is 3.45. The molecule has 22 heavy (non-hydrogen) atoms. The van der Waals surface area contributed by atoms with Crippen LogP contribution in [-0.4, -0.2) is 44.8 Å². The molecule has 6 nitrogen and oxygen atoms in total. The van der Waals surface area contributed by atoms with Crippen molar-refractivity contribution in [1.82, 2.24) is 14.7 Å². The number of halogens is 1. The molecular weight excluding hydrogens is 306 g/mol. The monoisotopic (exact) mass is 321 g/mol. The van der Waals surface area contributed by atoms with Crippen LogP contribution in [0.25, 0.3) is 5.69 Å². The molecule has 1 unspecified atom stereocenters. The molecule has 0 radical (unpaired) electrons. The number of hydrogen-bond donors (Lipinski definition) is 1. The maximum absolute atomic E-state index is 12.3. The van der Waals surface area contributed by atoms with Crippen LogP contribution in [0.5, 0.6) is 0 Å². The van der Waals surface area contributed by atoms with Crippen molar-refractivity contribution < 1.29 is 14.7 Å². The van der Waals surface area contributed by atoms with Crippen molar-refractivity contribution in [2.75, 3.05) is 7.05 Å². The average Bonchev–Trinajstić information content (AvgIpc) is 2.87. The number of benzene rings is 1. The fourth-order valence-corrected chi connectivity index (χ4v) is 2.18. The summed E-state index contributed by atoms with van der Waals surface area (Å²) in [6, 6.07) is 7.83. The number of carbonyl (C=O) groups is 2. The average molecular weight is 322 g/mol. The number of amides is 1. The summed E-state index contributed by atoms with van der Waals surface area (Å²) in [5.74, 6) is -1.53. The quantitative estimate of drug-likeness (QED) is 0.938. The van der Waals surface area contributed by atoms with Crippen LogP contribution < -0.4 is 0 Å². The van der Waals surface area contributed by atoms with Gasteiger partial charge in [-0.2, -0.15) is 5.10 Å². The minimum atomic E-state index is -1.07. The zero-order chi connectivity index (χ0) is 16.4. The summed E-state index contributed by atoms with van der Waals surface area (Å²) in [4.78, 5) is 24.4. The van der Waals surface area contributed by atoms with Crippen molar-refractivity contribution in [2.24, 2.45) is 0 Å². The Labute approximate surface area is 132 Å². The lowest BCUT2D eigenvalue weighted by molar-refractivity contribution is -0.141. The van der Waals surface area contributed by atoms with Crippen molar-refractivity contribution in [2.45, 2.75) is 19.9 Å². The van der Waals surface area contributed by atoms with E-state index in [0.29, 0.717) is 10.7 Å². The van der Waals surface area contributed by atoms with E-state index in [1.54, 1.807) is 35.9 Å². The Balaban J connectivity index is 2.36. The Morgan fingerprint density at radius 3 is 2.59 bits per heavy atom. The molecule has 0 saturated heterocycles. The molecule has 1 aromatic heterocycles. The van der Waals surface area contributed by atoms with Crippen LogP contribution in [0.2, 0.25) is 5.02 Å². The summed E-state index contributed by atoms with van der Waals surface area (Å²) in [5, 5.41) is 13.8. The molecule has 1 aromatic carbocycles. The number of likely N-dealkylation sites (N-methyl/N-ethyl adjacent to an activating group) is 1. The largest absolute Gasteiger partial charge is 0.480 e. The van der Waals surface area contributed by atoms with E-state index >= 15 is 0 Å². The summed E-state index contributed by atoms with van der Waals surface area (Å²) in [5.41, 5.74) is 1.57. The first-order chi connectivity index (χ1) is 10.3. The zero-order valence-electron chi connectivity index (χ0n) is 12.4. The van der Waals surface area contributed by atoms with Crippen LogP contribution >= 0.6 is 11.6 Å². The number of aromatic nitrogens is 2. The lowest BCUT2D eigenvalue weighted by Crippen LogP contribution is -2.40. The second-order valence-corrected chi connectivity index (χ2v) is 5.37. The van der Waals surface area contributed by atoms with Crippen LogP contribution in [-0.2, 0) is 4.79 Å². The van der Waals surface area contributed by atoms with Gasteiger partial charge in [0.05, 0.1) is 10.7 Å². The number of carboxylic acids is 1. The highest BCUT2D eigenvalue weighted by molar-refractivity contribution is 6.32. The van der Waals surface area contributed by atoms with E-state index in [-0.39, 0.29) is 5.69 Å². The van der Waals surface area contributed by atoms with Crippen LogP contribution in [0.15, 0.2) is 30.3 Å². The molecule has 1 atom stereocenters. The first-order valence-corrected chi connectivity index (χ1v) is 7.02. The lowest BCUT2D eigenvalue weighted by atomic mass is 10.2. The molecule has 0 saturated carbocycles. The van der Waals surface area contributed by atoms with Gasteiger partial charge in [-0.05, 0) is 32.0 Å². The van der Waals surface area contributed by atoms with Gasteiger partial charge in [-0.1, -0.05) is 23.7 Å². The normalized spacial score (nSPS) is 12.0. The second kappa shape index (κ2) is 6.19. The number of aliphatic carboxylic acids is 1. The van der Waals surface area contributed by atoms with Crippen molar-refractivity contribution >= 4 is 23.5 Å². The topological polar surface area (TPSA) is 75.4 Å². The Hall–Kier alpha value is -2.34. The van der Waals surface area contributed by atoms with Gasteiger partial charge in [0.1, 0.15) is 6.04 Å². The van der Waals surface area contributed by atoms with E-state index in [9.17, 15) is 9.59 Å². The molecule has 0 aliphatic heterocycles. The molecule has 0 aliphatic rings. The smallest absolute Gasteiger partial charge is 0.326 e. The van der Waals surface area contributed by atoms with Gasteiger partial charge < -0.3 is 10.0 Å². The Morgan fingerprint density at radius 1 is 1.36 bits per heavy atom. The highest BCUT2D eigenvalue weighted by atomic mass is 35.5. The number of carboxylic acid groups (broad SMARTS) is 1. The third-order valence-corrected chi connectivity index (χ3v) is 3.77. The highest BCUT2D eigenvalue weighted by Crippen LogP contribution is 2.21. The summed E-state index contributed by atoms with van der Waals surface area (Å²) >= 11 is 6.14. The minimum Gasteiger partial charge on any atom is -0.480 e. The molecule has 2 aromatic rings. The van der Waals surface area contributed by atoms with E-state index in [0.717, 1.165) is 10.6 Å². The van der Waals surface area contributed by atoms with Gasteiger partial charge in [-0.15, -0.1) is 0 Å². The maximum atomic E-state index is 12.3. The standard InChI is InChI=1S/C15H16ClN3O3/c1-9-8-12(14(20)18(3)10(2)15(21)22)17-19(9)13-7-5-4-6-11(13)16/h4-8,10H,1-3H3,(H,21,22). The number of rotatable bonds is 4. The Kier molecular flexibility index (Phi) is 4.51. The second-order valence-electron chi connectivity index (χ2n) is 4.96. The molecule has 1 amide bonds. The molecule has 7 heteroatoms. The number of hydrogen-bond acceptors (Lipinski definition) is 3. The molecule has 0 aliphatic carbocycles. The van der Waals surface area contributed by atoms with Gasteiger partial charge in [0.25, 0.3) is 5.91 Å². The molecule has 1 N–H and O–H groups in total. The maximum Gasteiger partial charge on any atom is 0.326 e. The highest BCUT2D eigenvalue weighted by Gasteiger charge is 2.25. The van der Waals surface area contributed by atoms with Gasteiger partial charge in [0.15, 0.2) is 5.69 Å². The van der Waals surface area contributed by atoms with Crippen molar-refractivity contribution in [3.8, 4) is 5.69 Å². The van der Waals surface area contributed by atoms with Crippen molar-refractivity contribution in [3.05, 3.63) is 46.7 Å². The predicted molar refractivity (Wildman–Crippen MR) is 82.5 cm³/mol. The van der Waals surface area contributed by atoms with E-state index in [2.05, 4.69) is 5.10 Å². The van der Waals surface area contributed by atoms with E-state index in [1.165, 1.54) is 14.0 Å². The number of carbonyl (C=O) groups excluding carboxylic acids is 1. The molecule has 0 bridgehead atoms. The van der Waals surface area contributed by atoms with Crippen LogP contribution in [0.4, 0.5) is 0 Å². The van der Waals surface area contributed by atoms with Gasteiger partial charge >= 0.3 is 5.97 Å². The van der Waals surface area contributed by atoms with Gasteiger partial charge in [-0.3, -0.25) is 4.79 Å². The molecule has 2 rings (SSSR count). The van der Waals surface area contributed by atoms with Crippen molar-refractivity contribution in [3.63, 3.8) is 0 Å². The van der Waals surface area contributed by atoms with E-state index < -0.39 is 17.9 Å².